The number of aryl methyl sites for hydroxylation is 1. The summed E-state index contributed by atoms with van der Waals surface area (Å²) < 4.78 is 20.8. The molecule has 2 N–H and O–H groups in total. The minimum Gasteiger partial charge on any atom is -0.494 e. The van der Waals surface area contributed by atoms with E-state index in [1.807, 2.05) is 0 Å². The zero-order chi connectivity index (χ0) is 18.8. The van der Waals surface area contributed by atoms with Crippen LogP contribution in [0.1, 0.15) is 26.4 Å². The quantitative estimate of drug-likeness (QED) is 0.670. The van der Waals surface area contributed by atoms with Crippen molar-refractivity contribution in [3.63, 3.8) is 0 Å². The number of carbonyl (C=O) groups excluding carboxylic acids is 2. The standard InChI is InChI=1S/C17H14ClFN4O3/c1-23-8-10(7-21-23)22-17(25)12-5-9(6-20-12)16(24)14-11(18)3-4-13(26-2)15(14)19/h3-8,20H,1-2H3,(H,22,25). The first-order valence-electron chi connectivity index (χ1n) is 7.45. The fourth-order valence-electron chi connectivity index (χ4n) is 2.38. The SMILES string of the molecule is COc1ccc(Cl)c(C(=O)c2c[nH]c(C(=O)Nc3cnn(C)c3)c2)c1F. The molecule has 0 unspecified atom stereocenters. The van der Waals surface area contributed by atoms with Crippen LogP contribution in [0.5, 0.6) is 5.75 Å². The summed E-state index contributed by atoms with van der Waals surface area (Å²) in [6, 6.07) is 4.03. The van der Waals surface area contributed by atoms with Crippen molar-refractivity contribution in [1.82, 2.24) is 14.8 Å². The van der Waals surface area contributed by atoms with Crippen molar-refractivity contribution in [2.75, 3.05) is 12.4 Å². The largest absolute Gasteiger partial charge is 0.494 e. The first-order valence-corrected chi connectivity index (χ1v) is 7.83. The summed E-state index contributed by atoms with van der Waals surface area (Å²) in [5, 5.41) is 6.52. The molecule has 3 rings (SSSR count). The van der Waals surface area contributed by atoms with Crippen LogP contribution in [0, 0.1) is 5.82 Å². The van der Waals surface area contributed by atoms with E-state index in [1.54, 1.807) is 13.2 Å². The number of anilines is 1. The van der Waals surface area contributed by atoms with Crippen LogP contribution in [-0.4, -0.2) is 33.6 Å². The summed E-state index contributed by atoms with van der Waals surface area (Å²) >= 11 is 5.97. The van der Waals surface area contributed by atoms with E-state index in [-0.39, 0.29) is 27.6 Å². The predicted molar refractivity (Wildman–Crippen MR) is 93.3 cm³/mol. The van der Waals surface area contributed by atoms with E-state index in [4.69, 9.17) is 16.3 Å². The molecule has 1 aromatic carbocycles. The van der Waals surface area contributed by atoms with Crippen LogP contribution in [-0.2, 0) is 7.05 Å². The molecule has 134 valence electrons. The van der Waals surface area contributed by atoms with Crippen LogP contribution in [0.2, 0.25) is 5.02 Å². The van der Waals surface area contributed by atoms with E-state index < -0.39 is 17.5 Å². The lowest BCUT2D eigenvalue weighted by molar-refractivity contribution is 0.102. The molecule has 1 amide bonds. The van der Waals surface area contributed by atoms with Gasteiger partial charge in [-0.05, 0) is 18.2 Å². The highest BCUT2D eigenvalue weighted by Gasteiger charge is 2.23. The Morgan fingerprint density at radius 2 is 2.15 bits per heavy atom. The van der Waals surface area contributed by atoms with Gasteiger partial charge in [0, 0.05) is 25.0 Å². The Morgan fingerprint density at radius 3 is 2.81 bits per heavy atom. The summed E-state index contributed by atoms with van der Waals surface area (Å²) in [6.07, 6.45) is 4.42. The Morgan fingerprint density at radius 1 is 1.38 bits per heavy atom. The Bertz CT molecular complexity index is 996. The third-order valence-electron chi connectivity index (χ3n) is 3.66. The molecule has 0 radical (unpaired) electrons. The Kier molecular flexibility index (Phi) is 4.77. The zero-order valence-electron chi connectivity index (χ0n) is 13.8. The van der Waals surface area contributed by atoms with Gasteiger partial charge in [0.25, 0.3) is 5.91 Å². The lowest BCUT2D eigenvalue weighted by Gasteiger charge is -2.07. The van der Waals surface area contributed by atoms with Crippen LogP contribution in [0.4, 0.5) is 10.1 Å². The molecular weight excluding hydrogens is 363 g/mol. The van der Waals surface area contributed by atoms with Crippen LogP contribution < -0.4 is 10.1 Å². The molecule has 2 aromatic heterocycles. The Hall–Kier alpha value is -3.13. The molecule has 9 heteroatoms. The Balaban J connectivity index is 1.86. The van der Waals surface area contributed by atoms with Crippen molar-refractivity contribution in [1.29, 1.82) is 0 Å². The number of benzene rings is 1. The number of aromatic nitrogens is 3. The minimum atomic E-state index is -0.854. The number of ether oxygens (including phenoxy) is 1. The highest BCUT2D eigenvalue weighted by Crippen LogP contribution is 2.29. The fraction of sp³-hybridized carbons (Fsp3) is 0.118. The molecular formula is C17H14ClFN4O3. The number of hydrogen-bond acceptors (Lipinski definition) is 4. The van der Waals surface area contributed by atoms with E-state index in [0.29, 0.717) is 5.69 Å². The molecule has 0 aliphatic carbocycles. The highest BCUT2D eigenvalue weighted by molar-refractivity contribution is 6.35. The lowest BCUT2D eigenvalue weighted by atomic mass is 10.0. The molecule has 7 nitrogen and oxygen atoms in total. The van der Waals surface area contributed by atoms with Gasteiger partial charge in [0.1, 0.15) is 5.69 Å². The third kappa shape index (κ3) is 3.31. The summed E-state index contributed by atoms with van der Waals surface area (Å²) in [7, 11) is 3.01. The number of amides is 1. The number of hydrogen-bond donors (Lipinski definition) is 2. The lowest BCUT2D eigenvalue weighted by Crippen LogP contribution is -2.11. The predicted octanol–water partition coefficient (Wildman–Crippen LogP) is 3.03. The number of halogens is 2. The number of nitrogens with zero attached hydrogens (tertiary/aromatic N) is 2. The number of carbonyl (C=O) groups is 2. The third-order valence-corrected chi connectivity index (χ3v) is 3.97. The normalized spacial score (nSPS) is 10.6. The van der Waals surface area contributed by atoms with Gasteiger partial charge < -0.3 is 15.0 Å². The van der Waals surface area contributed by atoms with Gasteiger partial charge in [-0.1, -0.05) is 11.6 Å². The monoisotopic (exact) mass is 376 g/mol. The van der Waals surface area contributed by atoms with Crippen molar-refractivity contribution >= 4 is 29.0 Å². The van der Waals surface area contributed by atoms with Gasteiger partial charge >= 0.3 is 0 Å². The summed E-state index contributed by atoms with van der Waals surface area (Å²) in [4.78, 5) is 27.5. The topological polar surface area (TPSA) is 89.0 Å². The van der Waals surface area contributed by atoms with Gasteiger partial charge in [-0.3, -0.25) is 14.3 Å². The first-order chi connectivity index (χ1) is 12.4. The van der Waals surface area contributed by atoms with Gasteiger partial charge in [0.05, 0.1) is 29.6 Å². The number of ketones is 1. The summed E-state index contributed by atoms with van der Waals surface area (Å²) in [5.41, 5.74) is 0.415. The second-order valence-electron chi connectivity index (χ2n) is 5.43. The van der Waals surface area contributed by atoms with Crippen molar-refractivity contribution < 1.29 is 18.7 Å². The minimum absolute atomic E-state index is 0.0455. The molecule has 0 atom stereocenters. The number of H-pyrrole nitrogens is 1. The number of rotatable bonds is 5. The van der Waals surface area contributed by atoms with Gasteiger partial charge in [0.2, 0.25) is 0 Å². The average molecular weight is 377 g/mol. The Labute approximate surface area is 152 Å². The molecule has 0 saturated heterocycles. The van der Waals surface area contributed by atoms with E-state index in [2.05, 4.69) is 15.4 Å². The molecule has 2 heterocycles. The van der Waals surface area contributed by atoms with Crippen molar-refractivity contribution in [2.24, 2.45) is 7.05 Å². The molecule has 0 spiro atoms. The van der Waals surface area contributed by atoms with Gasteiger partial charge in [-0.2, -0.15) is 5.10 Å². The zero-order valence-corrected chi connectivity index (χ0v) is 14.6. The first kappa shape index (κ1) is 17.7. The highest BCUT2D eigenvalue weighted by atomic mass is 35.5. The van der Waals surface area contributed by atoms with Crippen molar-refractivity contribution in [3.05, 3.63) is 64.5 Å². The molecule has 26 heavy (non-hydrogen) atoms. The maximum absolute atomic E-state index is 14.4. The summed E-state index contributed by atoms with van der Waals surface area (Å²) in [5.74, 6) is -2.08. The van der Waals surface area contributed by atoms with E-state index >= 15 is 0 Å². The van der Waals surface area contributed by atoms with Crippen molar-refractivity contribution in [3.8, 4) is 5.75 Å². The van der Waals surface area contributed by atoms with Gasteiger partial charge in [-0.25, -0.2) is 4.39 Å². The number of aromatic amines is 1. The molecule has 0 saturated carbocycles. The van der Waals surface area contributed by atoms with Crippen LogP contribution in [0.25, 0.3) is 0 Å². The van der Waals surface area contributed by atoms with E-state index in [0.717, 1.165) is 0 Å². The molecule has 3 aromatic rings. The second-order valence-corrected chi connectivity index (χ2v) is 5.83. The maximum Gasteiger partial charge on any atom is 0.272 e. The maximum atomic E-state index is 14.4. The molecule has 0 aliphatic heterocycles. The van der Waals surface area contributed by atoms with Crippen molar-refractivity contribution in [2.45, 2.75) is 0 Å². The number of nitrogens with one attached hydrogen (secondary N) is 2. The van der Waals surface area contributed by atoms with Gasteiger partial charge in [-0.15, -0.1) is 0 Å². The summed E-state index contributed by atoms with van der Waals surface area (Å²) in [6.45, 7) is 0. The van der Waals surface area contributed by atoms with Crippen LogP contribution in [0.15, 0.2) is 36.8 Å². The molecule has 0 bridgehead atoms. The molecule has 0 fully saturated rings. The smallest absolute Gasteiger partial charge is 0.272 e. The van der Waals surface area contributed by atoms with Crippen LogP contribution in [0.3, 0.4) is 0 Å². The number of methoxy groups -OCH3 is 1. The second kappa shape index (κ2) is 7.01. The fourth-order valence-corrected chi connectivity index (χ4v) is 2.62. The van der Waals surface area contributed by atoms with E-state index in [9.17, 15) is 14.0 Å². The van der Waals surface area contributed by atoms with Crippen LogP contribution >= 0.6 is 11.6 Å². The molecule has 0 aliphatic rings. The van der Waals surface area contributed by atoms with Gasteiger partial charge in [0.15, 0.2) is 17.3 Å². The van der Waals surface area contributed by atoms with E-state index in [1.165, 1.54) is 42.4 Å². The average Bonchev–Trinajstić information content (AvgIpc) is 3.24.